The molecule has 0 N–H and O–H groups in total. The standard InChI is InChI=1S/C22H29NOS.2C2H6/c1-5-18(19-12-10-8-7-9-11-13-19)14-21-16(3)23-17(4)22(25-21)15-20(24)6-2;2*1-2/h5-6,14-15,19H,2-3,7-13H2,1,4H3;2*1-2H3/b18-5+,21-14+,22-15+;;. The molecular weight excluding hydrogens is 374 g/mol. The average Bonchev–Trinajstić information content (AvgIpc) is 2.72. The highest BCUT2D eigenvalue weighted by Gasteiger charge is 2.20. The zero-order valence-corrected chi connectivity index (χ0v) is 20.3. The van der Waals surface area contributed by atoms with Gasteiger partial charge in [-0.2, -0.15) is 0 Å². The van der Waals surface area contributed by atoms with Gasteiger partial charge in [0.2, 0.25) is 0 Å². The Morgan fingerprint density at radius 1 is 1.00 bits per heavy atom. The van der Waals surface area contributed by atoms with Crippen LogP contribution in [0.2, 0.25) is 0 Å². The van der Waals surface area contributed by atoms with Gasteiger partial charge < -0.3 is 0 Å². The molecule has 0 unspecified atom stereocenters. The molecule has 1 fully saturated rings. The monoisotopic (exact) mass is 415 g/mol. The van der Waals surface area contributed by atoms with Gasteiger partial charge in [0.05, 0.1) is 11.4 Å². The maximum absolute atomic E-state index is 11.7. The minimum absolute atomic E-state index is 0.0878. The van der Waals surface area contributed by atoms with Gasteiger partial charge in [0, 0.05) is 15.9 Å². The lowest BCUT2D eigenvalue weighted by atomic mass is 9.85. The van der Waals surface area contributed by atoms with Crippen molar-refractivity contribution in [3.05, 3.63) is 58.5 Å². The quantitative estimate of drug-likeness (QED) is 0.430. The van der Waals surface area contributed by atoms with E-state index in [0.717, 1.165) is 21.2 Å². The van der Waals surface area contributed by atoms with Crippen LogP contribution in [0.25, 0.3) is 0 Å². The molecule has 1 heterocycles. The number of aliphatic imine (C=N–C) groups is 1. The molecule has 0 radical (unpaired) electrons. The number of carbonyl (C=O) groups is 1. The smallest absolute Gasteiger partial charge is 0.179 e. The molecule has 2 rings (SSSR count). The van der Waals surface area contributed by atoms with Gasteiger partial charge in [-0.25, -0.2) is 0 Å². The van der Waals surface area contributed by atoms with Crippen LogP contribution in [-0.4, -0.2) is 11.5 Å². The number of hydrogen-bond donors (Lipinski definition) is 0. The molecule has 2 aliphatic rings. The summed E-state index contributed by atoms with van der Waals surface area (Å²) >= 11 is 1.59. The molecule has 0 saturated heterocycles. The normalized spacial score (nSPS) is 21.1. The minimum atomic E-state index is -0.0878. The third-order valence-corrected chi connectivity index (χ3v) is 6.05. The van der Waals surface area contributed by atoms with E-state index in [0.29, 0.717) is 5.92 Å². The van der Waals surface area contributed by atoms with Crippen LogP contribution in [0, 0.1) is 5.92 Å². The molecule has 1 aliphatic carbocycles. The lowest BCUT2D eigenvalue weighted by Crippen LogP contribution is -2.08. The van der Waals surface area contributed by atoms with E-state index in [2.05, 4.69) is 37.2 Å². The summed E-state index contributed by atoms with van der Waals surface area (Å²) in [6.45, 7) is 19.7. The molecule has 3 heteroatoms. The summed E-state index contributed by atoms with van der Waals surface area (Å²) in [7, 11) is 0. The van der Waals surface area contributed by atoms with Crippen molar-refractivity contribution < 1.29 is 4.79 Å². The van der Waals surface area contributed by atoms with Gasteiger partial charge in [-0.05, 0) is 50.3 Å². The number of carbonyl (C=O) groups excluding carboxylic acids is 1. The number of nitrogens with zero attached hydrogens (tertiary/aromatic N) is 1. The molecule has 0 amide bonds. The van der Waals surface area contributed by atoms with Crippen molar-refractivity contribution >= 4 is 23.3 Å². The Morgan fingerprint density at radius 2 is 1.55 bits per heavy atom. The van der Waals surface area contributed by atoms with Crippen molar-refractivity contribution in [1.82, 2.24) is 0 Å². The number of thioether (sulfide) groups is 1. The van der Waals surface area contributed by atoms with Gasteiger partial charge in [0.15, 0.2) is 5.78 Å². The van der Waals surface area contributed by atoms with Crippen LogP contribution in [0.15, 0.2) is 63.5 Å². The Kier molecular flexibility index (Phi) is 15.3. The summed E-state index contributed by atoms with van der Waals surface area (Å²) in [5.74, 6) is 0.538. The summed E-state index contributed by atoms with van der Waals surface area (Å²) in [6.07, 6.45) is 16.7. The maximum Gasteiger partial charge on any atom is 0.179 e. The number of ketones is 1. The Balaban J connectivity index is 0.00000184. The maximum atomic E-state index is 11.7. The minimum Gasteiger partial charge on any atom is -0.290 e. The zero-order chi connectivity index (χ0) is 22.2. The lowest BCUT2D eigenvalue weighted by Gasteiger charge is -2.23. The fourth-order valence-electron chi connectivity index (χ4n) is 3.38. The largest absolute Gasteiger partial charge is 0.290 e. The first-order valence-corrected chi connectivity index (χ1v) is 12.1. The predicted octanol–water partition coefficient (Wildman–Crippen LogP) is 8.59. The summed E-state index contributed by atoms with van der Waals surface area (Å²) in [4.78, 5) is 18.2. The van der Waals surface area contributed by atoms with Crippen LogP contribution < -0.4 is 0 Å². The second-order valence-corrected chi connectivity index (χ2v) is 7.78. The Bertz CT molecular complexity index is 656. The molecule has 0 aromatic rings. The van der Waals surface area contributed by atoms with Crippen LogP contribution in [0.5, 0.6) is 0 Å². The Labute approximate surface area is 184 Å². The van der Waals surface area contributed by atoms with E-state index in [-0.39, 0.29) is 5.78 Å². The molecule has 2 nitrogen and oxygen atoms in total. The highest BCUT2D eigenvalue weighted by Crippen LogP contribution is 2.39. The van der Waals surface area contributed by atoms with E-state index in [1.807, 2.05) is 34.6 Å². The highest BCUT2D eigenvalue weighted by molar-refractivity contribution is 8.08. The molecule has 162 valence electrons. The summed E-state index contributed by atoms with van der Waals surface area (Å²) in [5, 5.41) is 0. The predicted molar refractivity (Wildman–Crippen MR) is 133 cm³/mol. The molecule has 29 heavy (non-hydrogen) atoms. The van der Waals surface area contributed by atoms with Crippen molar-refractivity contribution in [2.24, 2.45) is 10.9 Å². The van der Waals surface area contributed by atoms with Crippen LogP contribution in [-0.2, 0) is 4.79 Å². The van der Waals surface area contributed by atoms with Crippen LogP contribution in [0.4, 0.5) is 0 Å². The van der Waals surface area contributed by atoms with Gasteiger partial charge in [0.25, 0.3) is 0 Å². The van der Waals surface area contributed by atoms with Crippen LogP contribution in [0.3, 0.4) is 0 Å². The summed E-state index contributed by atoms with van der Waals surface area (Å²) < 4.78 is 0. The second-order valence-electron chi connectivity index (χ2n) is 6.70. The first kappa shape index (κ1) is 27.4. The SMILES string of the molecule is C=CC(=O)/C=C1/S/C(=C/C(=C\C)C2CCCCCCC2)C(=C)N=C1C.CC.CC. The Morgan fingerprint density at radius 3 is 2.07 bits per heavy atom. The molecular formula is C26H41NOS. The zero-order valence-electron chi connectivity index (χ0n) is 19.5. The third-order valence-electron chi connectivity index (χ3n) is 4.85. The fraction of sp³-hybridized carbons (Fsp3) is 0.538. The van der Waals surface area contributed by atoms with Crippen LogP contribution in [0.1, 0.15) is 86.5 Å². The number of hydrogen-bond acceptors (Lipinski definition) is 3. The molecule has 0 aromatic carbocycles. The number of rotatable bonds is 4. The molecule has 0 atom stereocenters. The van der Waals surface area contributed by atoms with Crippen molar-refractivity contribution in [2.75, 3.05) is 0 Å². The van der Waals surface area contributed by atoms with Crippen LogP contribution >= 0.6 is 11.8 Å². The summed E-state index contributed by atoms with van der Waals surface area (Å²) in [5.41, 5.74) is 3.01. The van der Waals surface area contributed by atoms with Gasteiger partial charge >= 0.3 is 0 Å². The number of allylic oxidation sites excluding steroid dienone is 6. The van der Waals surface area contributed by atoms with Crippen molar-refractivity contribution in [1.29, 1.82) is 0 Å². The average molecular weight is 416 g/mol. The van der Waals surface area contributed by atoms with Gasteiger partial charge in [-0.15, -0.1) is 0 Å². The highest BCUT2D eigenvalue weighted by atomic mass is 32.2. The molecule has 1 aliphatic heterocycles. The molecule has 0 aromatic heterocycles. The Hall–Kier alpha value is -1.61. The van der Waals surface area contributed by atoms with E-state index >= 15 is 0 Å². The molecule has 1 saturated carbocycles. The van der Waals surface area contributed by atoms with E-state index in [4.69, 9.17) is 0 Å². The molecule has 0 spiro atoms. The van der Waals surface area contributed by atoms with E-state index in [1.165, 1.54) is 56.6 Å². The fourth-order valence-corrected chi connectivity index (χ4v) is 4.34. The lowest BCUT2D eigenvalue weighted by molar-refractivity contribution is -0.110. The van der Waals surface area contributed by atoms with E-state index in [9.17, 15) is 4.79 Å². The van der Waals surface area contributed by atoms with Gasteiger partial charge in [-0.3, -0.25) is 9.79 Å². The topological polar surface area (TPSA) is 29.4 Å². The van der Waals surface area contributed by atoms with E-state index in [1.54, 1.807) is 17.8 Å². The first-order valence-electron chi connectivity index (χ1n) is 11.2. The van der Waals surface area contributed by atoms with Crippen molar-refractivity contribution in [2.45, 2.75) is 86.5 Å². The van der Waals surface area contributed by atoms with Gasteiger partial charge in [-0.1, -0.05) is 90.8 Å². The van der Waals surface area contributed by atoms with E-state index < -0.39 is 0 Å². The second kappa shape index (κ2) is 16.2. The van der Waals surface area contributed by atoms with Gasteiger partial charge in [0.1, 0.15) is 0 Å². The first-order chi connectivity index (χ1) is 14.0. The van der Waals surface area contributed by atoms with Crippen molar-refractivity contribution in [3.8, 4) is 0 Å². The third kappa shape index (κ3) is 9.62. The molecule has 0 bridgehead atoms. The summed E-state index contributed by atoms with van der Waals surface area (Å²) in [6, 6.07) is 0. The van der Waals surface area contributed by atoms with Crippen molar-refractivity contribution in [3.63, 3.8) is 0 Å².